The number of phenolic OH excluding ortho intramolecular Hbond substituents is 1. The number of ether oxygens (including phenoxy) is 1. The van der Waals surface area contributed by atoms with Crippen molar-refractivity contribution in [1.82, 2.24) is 30.0 Å². The van der Waals surface area contributed by atoms with E-state index in [1.54, 1.807) is 35.4 Å². The van der Waals surface area contributed by atoms with Crippen molar-refractivity contribution in [3.05, 3.63) is 43.1 Å². The Hall–Kier alpha value is -3.07. The summed E-state index contributed by atoms with van der Waals surface area (Å²) in [6.07, 6.45) is 7.31. The zero-order valence-electron chi connectivity index (χ0n) is 14.9. The topological polar surface area (TPSA) is 98.0 Å². The summed E-state index contributed by atoms with van der Waals surface area (Å²) in [5.74, 6) is 0.483. The number of piperidine rings is 1. The summed E-state index contributed by atoms with van der Waals surface area (Å²) in [6, 6.07) is 5.29. The van der Waals surface area contributed by atoms with Crippen LogP contribution in [0.15, 0.2) is 43.1 Å². The highest BCUT2D eigenvalue weighted by atomic mass is 19.1. The lowest BCUT2D eigenvalue weighted by molar-refractivity contribution is 0.0418. The lowest BCUT2D eigenvalue weighted by Gasteiger charge is -2.32. The molecule has 0 amide bonds. The Labute approximate surface area is 160 Å². The molecule has 2 aliphatic heterocycles. The smallest absolute Gasteiger partial charge is 0.252 e. The van der Waals surface area contributed by atoms with Crippen molar-refractivity contribution in [2.24, 2.45) is 0 Å². The lowest BCUT2D eigenvalue weighted by atomic mass is 10.0. The molecule has 5 rings (SSSR count). The number of imidazole rings is 1. The van der Waals surface area contributed by atoms with Gasteiger partial charge >= 0.3 is 0 Å². The van der Waals surface area contributed by atoms with Crippen molar-refractivity contribution in [2.75, 3.05) is 0 Å². The second-order valence-electron chi connectivity index (χ2n) is 7.18. The van der Waals surface area contributed by atoms with Crippen LogP contribution in [-0.4, -0.2) is 54.2 Å². The summed E-state index contributed by atoms with van der Waals surface area (Å²) < 4.78 is 22.0. The first kappa shape index (κ1) is 17.1. The summed E-state index contributed by atoms with van der Waals surface area (Å²) in [5.41, 5.74) is 1.22. The molecule has 144 valence electrons. The number of phenols is 1. The average molecular weight is 382 g/mol. The van der Waals surface area contributed by atoms with E-state index in [0.29, 0.717) is 18.0 Å². The van der Waals surface area contributed by atoms with Gasteiger partial charge in [-0.1, -0.05) is 0 Å². The maximum atomic E-state index is 14.5. The molecule has 28 heavy (non-hydrogen) atoms. The van der Waals surface area contributed by atoms with Crippen LogP contribution < -0.4 is 10.1 Å². The quantitative estimate of drug-likeness (QED) is 0.712. The standard InChI is InChI=1S/C19H19FN6O2/c20-18-14-4-1-11(23-14)7-16(18)28-17-9-22-19(25-24-17)13-3-2-12(8-15(13)27)26-6-5-21-10-26/h2-3,5-6,8-11,14,16,18,23,27H,1,4,7H2/t11?,14?,16-,18-/m0/s1. The van der Waals surface area contributed by atoms with Gasteiger partial charge in [0, 0.05) is 37.0 Å². The minimum Gasteiger partial charge on any atom is -0.507 e. The van der Waals surface area contributed by atoms with Gasteiger partial charge in [-0.25, -0.2) is 14.4 Å². The van der Waals surface area contributed by atoms with E-state index in [1.165, 1.54) is 6.20 Å². The van der Waals surface area contributed by atoms with E-state index < -0.39 is 12.3 Å². The van der Waals surface area contributed by atoms with Crippen LogP contribution in [0.1, 0.15) is 19.3 Å². The van der Waals surface area contributed by atoms with E-state index in [1.807, 2.05) is 6.07 Å². The van der Waals surface area contributed by atoms with Crippen LogP contribution in [0.3, 0.4) is 0 Å². The number of hydrogen-bond acceptors (Lipinski definition) is 7. The van der Waals surface area contributed by atoms with Gasteiger partial charge in [0.25, 0.3) is 5.88 Å². The summed E-state index contributed by atoms with van der Waals surface area (Å²) in [5, 5.41) is 21.7. The Morgan fingerprint density at radius 1 is 1.25 bits per heavy atom. The van der Waals surface area contributed by atoms with Gasteiger partial charge in [-0.3, -0.25) is 0 Å². The van der Waals surface area contributed by atoms with Crippen molar-refractivity contribution in [3.63, 3.8) is 0 Å². The molecule has 2 fully saturated rings. The Balaban J connectivity index is 1.32. The van der Waals surface area contributed by atoms with Gasteiger partial charge in [-0.05, 0) is 25.0 Å². The van der Waals surface area contributed by atoms with Crippen LogP contribution in [0.2, 0.25) is 0 Å². The summed E-state index contributed by atoms with van der Waals surface area (Å²) in [4.78, 5) is 8.22. The van der Waals surface area contributed by atoms with Crippen molar-refractivity contribution >= 4 is 0 Å². The lowest BCUT2D eigenvalue weighted by Crippen LogP contribution is -2.51. The summed E-state index contributed by atoms with van der Waals surface area (Å²) in [7, 11) is 0. The summed E-state index contributed by atoms with van der Waals surface area (Å²) >= 11 is 0. The molecule has 4 atom stereocenters. The van der Waals surface area contributed by atoms with Gasteiger partial charge in [-0.2, -0.15) is 0 Å². The van der Waals surface area contributed by atoms with Crippen molar-refractivity contribution < 1.29 is 14.2 Å². The number of halogens is 1. The zero-order chi connectivity index (χ0) is 19.1. The molecule has 8 nitrogen and oxygen atoms in total. The van der Waals surface area contributed by atoms with Crippen LogP contribution in [0.4, 0.5) is 4.39 Å². The molecule has 3 aromatic rings. The molecule has 2 unspecified atom stereocenters. The van der Waals surface area contributed by atoms with Crippen molar-refractivity contribution in [3.8, 4) is 28.7 Å². The number of aromatic nitrogens is 5. The minimum atomic E-state index is -1.07. The molecule has 2 aliphatic rings. The molecule has 9 heteroatoms. The molecule has 0 spiro atoms. The number of nitrogens with one attached hydrogen (secondary N) is 1. The van der Waals surface area contributed by atoms with Crippen LogP contribution in [0.25, 0.3) is 17.1 Å². The number of rotatable bonds is 4. The molecule has 0 aliphatic carbocycles. The first-order valence-electron chi connectivity index (χ1n) is 9.25. The predicted octanol–water partition coefficient (Wildman–Crippen LogP) is 2.04. The van der Waals surface area contributed by atoms with Crippen LogP contribution in [0, 0.1) is 0 Å². The molecule has 2 saturated heterocycles. The van der Waals surface area contributed by atoms with Gasteiger partial charge in [-0.15, -0.1) is 10.2 Å². The minimum absolute atomic E-state index is 0.0282. The maximum absolute atomic E-state index is 14.5. The maximum Gasteiger partial charge on any atom is 0.252 e. The monoisotopic (exact) mass is 382 g/mol. The first-order chi connectivity index (χ1) is 13.7. The van der Waals surface area contributed by atoms with Crippen molar-refractivity contribution in [1.29, 1.82) is 0 Å². The third-order valence-corrected chi connectivity index (χ3v) is 5.37. The third kappa shape index (κ3) is 3.07. The van der Waals surface area contributed by atoms with E-state index in [-0.39, 0.29) is 23.5 Å². The number of benzene rings is 1. The van der Waals surface area contributed by atoms with E-state index in [0.717, 1.165) is 18.5 Å². The molecule has 4 heterocycles. The van der Waals surface area contributed by atoms with Gasteiger partial charge < -0.3 is 19.7 Å². The van der Waals surface area contributed by atoms with E-state index in [4.69, 9.17) is 4.74 Å². The van der Waals surface area contributed by atoms with Crippen LogP contribution in [-0.2, 0) is 0 Å². The molecule has 2 N–H and O–H groups in total. The Morgan fingerprint density at radius 2 is 2.18 bits per heavy atom. The molecule has 0 saturated carbocycles. The SMILES string of the molecule is Oc1cc(-n2ccnc2)ccc1-c1ncc(O[C@H]2CC3CCC(N3)[C@@H]2F)nn1. The average Bonchev–Trinajstić information content (AvgIpc) is 3.37. The number of alkyl halides is 1. The highest BCUT2D eigenvalue weighted by molar-refractivity contribution is 5.65. The normalized spacial score (nSPS) is 26.3. The molecule has 1 aromatic carbocycles. The largest absolute Gasteiger partial charge is 0.507 e. The fourth-order valence-electron chi connectivity index (χ4n) is 3.95. The number of fused-ring (bicyclic) bond motifs is 2. The molecule has 0 radical (unpaired) electrons. The van der Waals surface area contributed by atoms with Gasteiger partial charge in [0.1, 0.15) is 11.9 Å². The van der Waals surface area contributed by atoms with Gasteiger partial charge in [0.05, 0.1) is 23.8 Å². The van der Waals surface area contributed by atoms with Gasteiger partial charge in [0.2, 0.25) is 0 Å². The number of nitrogens with zero attached hydrogens (tertiary/aromatic N) is 5. The van der Waals surface area contributed by atoms with Crippen LogP contribution in [0.5, 0.6) is 11.6 Å². The van der Waals surface area contributed by atoms with E-state index >= 15 is 0 Å². The van der Waals surface area contributed by atoms with Crippen molar-refractivity contribution in [2.45, 2.75) is 43.6 Å². The molecular formula is C19H19FN6O2. The predicted molar refractivity (Wildman–Crippen MR) is 97.9 cm³/mol. The fraction of sp³-hybridized carbons (Fsp3) is 0.368. The third-order valence-electron chi connectivity index (χ3n) is 5.37. The summed E-state index contributed by atoms with van der Waals surface area (Å²) in [6.45, 7) is 0. The van der Waals surface area contributed by atoms with E-state index in [9.17, 15) is 9.50 Å². The molecule has 2 bridgehead atoms. The number of aromatic hydroxyl groups is 1. The highest BCUT2D eigenvalue weighted by Crippen LogP contribution is 2.32. The zero-order valence-corrected chi connectivity index (χ0v) is 14.9. The number of hydrogen-bond donors (Lipinski definition) is 2. The molecule has 2 aromatic heterocycles. The first-order valence-corrected chi connectivity index (χ1v) is 9.25. The Morgan fingerprint density at radius 3 is 2.93 bits per heavy atom. The second kappa shape index (κ2) is 6.83. The highest BCUT2D eigenvalue weighted by Gasteiger charge is 2.43. The second-order valence-corrected chi connectivity index (χ2v) is 7.18. The van der Waals surface area contributed by atoms with Gasteiger partial charge in [0.15, 0.2) is 12.0 Å². The Kier molecular flexibility index (Phi) is 4.16. The Bertz CT molecular complexity index is 965. The molecular weight excluding hydrogens is 363 g/mol. The van der Waals surface area contributed by atoms with Crippen LogP contribution >= 0.6 is 0 Å². The fourth-order valence-corrected chi connectivity index (χ4v) is 3.95. The van der Waals surface area contributed by atoms with E-state index in [2.05, 4.69) is 25.5 Å².